The highest BCUT2D eigenvalue weighted by atomic mass is 35.5. The fourth-order valence-corrected chi connectivity index (χ4v) is 1.74. The van der Waals surface area contributed by atoms with Gasteiger partial charge in [-0.05, 0) is 32.0 Å². The molecule has 0 fully saturated rings. The predicted molar refractivity (Wildman–Crippen MR) is 74.2 cm³/mol. The minimum absolute atomic E-state index is 0.221. The summed E-state index contributed by atoms with van der Waals surface area (Å²) in [5, 5.41) is 12.5. The molecule has 2 rings (SSSR count). The number of fused-ring (bicyclic) bond motifs is 1. The maximum atomic E-state index is 9.39. The van der Waals surface area contributed by atoms with E-state index in [4.69, 9.17) is 11.6 Å². The summed E-state index contributed by atoms with van der Waals surface area (Å²) in [6.45, 7) is 4.32. The van der Waals surface area contributed by atoms with Crippen LogP contribution in [0.25, 0.3) is 11.0 Å². The number of aryl methyl sites for hydroxylation is 2. The zero-order chi connectivity index (χ0) is 13.1. The molecule has 1 unspecified atom stereocenters. The molecule has 18 heavy (non-hydrogen) atoms. The van der Waals surface area contributed by atoms with Crippen molar-refractivity contribution in [1.82, 2.24) is 9.97 Å². The number of halogens is 1. The third-order valence-corrected chi connectivity index (χ3v) is 3.15. The van der Waals surface area contributed by atoms with E-state index in [9.17, 15) is 5.11 Å². The monoisotopic (exact) mass is 265 g/mol. The van der Waals surface area contributed by atoms with Gasteiger partial charge in [-0.1, -0.05) is 0 Å². The Morgan fingerprint density at radius 3 is 2.56 bits per heavy atom. The van der Waals surface area contributed by atoms with Crippen LogP contribution in [0.3, 0.4) is 0 Å². The number of anilines is 1. The number of rotatable bonds is 4. The van der Waals surface area contributed by atoms with E-state index in [0.717, 1.165) is 28.1 Å². The van der Waals surface area contributed by atoms with Crippen LogP contribution in [0.2, 0.25) is 0 Å². The zero-order valence-corrected chi connectivity index (χ0v) is 11.2. The first-order valence-electron chi connectivity index (χ1n) is 5.83. The van der Waals surface area contributed by atoms with Gasteiger partial charge >= 0.3 is 0 Å². The molecule has 0 radical (unpaired) electrons. The molecule has 0 bridgehead atoms. The van der Waals surface area contributed by atoms with Gasteiger partial charge in [0.1, 0.15) is 0 Å². The van der Waals surface area contributed by atoms with Crippen LogP contribution in [-0.4, -0.2) is 33.6 Å². The maximum absolute atomic E-state index is 9.39. The van der Waals surface area contributed by atoms with Gasteiger partial charge in [0, 0.05) is 12.2 Å². The van der Waals surface area contributed by atoms with Crippen molar-refractivity contribution < 1.29 is 5.11 Å². The lowest BCUT2D eigenvalue weighted by Crippen LogP contribution is -2.20. The van der Waals surface area contributed by atoms with Gasteiger partial charge in [-0.3, -0.25) is 0 Å². The van der Waals surface area contributed by atoms with Crippen molar-refractivity contribution in [2.45, 2.75) is 20.0 Å². The number of hydrogen-bond donors (Lipinski definition) is 2. The van der Waals surface area contributed by atoms with Gasteiger partial charge < -0.3 is 10.4 Å². The molecule has 0 amide bonds. The van der Waals surface area contributed by atoms with Crippen LogP contribution >= 0.6 is 11.6 Å². The average molecular weight is 266 g/mol. The summed E-state index contributed by atoms with van der Waals surface area (Å²) in [6, 6.07) is 5.77. The van der Waals surface area contributed by atoms with Crippen molar-refractivity contribution in [3.63, 3.8) is 0 Å². The largest absolute Gasteiger partial charge is 0.390 e. The molecule has 4 nitrogen and oxygen atoms in total. The third kappa shape index (κ3) is 2.89. The lowest BCUT2D eigenvalue weighted by atomic mass is 10.2. The van der Waals surface area contributed by atoms with E-state index >= 15 is 0 Å². The number of nitrogens with zero attached hydrogens (tertiary/aromatic N) is 2. The predicted octanol–water partition coefficient (Wildman–Crippen LogP) is 2.26. The van der Waals surface area contributed by atoms with E-state index < -0.39 is 6.10 Å². The molecule has 96 valence electrons. The molecule has 2 aromatic rings. The summed E-state index contributed by atoms with van der Waals surface area (Å²) < 4.78 is 0. The number of alkyl halides is 1. The minimum Gasteiger partial charge on any atom is -0.390 e. The molecule has 0 aliphatic rings. The maximum Gasteiger partial charge on any atom is 0.0910 e. The number of aliphatic hydroxyl groups excluding tert-OH is 1. The Bertz CT molecular complexity index is 559. The van der Waals surface area contributed by atoms with E-state index in [-0.39, 0.29) is 5.88 Å². The summed E-state index contributed by atoms with van der Waals surface area (Å²) in [5.41, 5.74) is 4.51. The van der Waals surface area contributed by atoms with Crippen molar-refractivity contribution in [2.24, 2.45) is 0 Å². The van der Waals surface area contributed by atoms with Crippen LogP contribution in [0.1, 0.15) is 11.4 Å². The van der Waals surface area contributed by atoms with E-state index in [0.29, 0.717) is 6.54 Å². The van der Waals surface area contributed by atoms with Gasteiger partial charge in [0.2, 0.25) is 0 Å². The van der Waals surface area contributed by atoms with Gasteiger partial charge in [0.25, 0.3) is 0 Å². The molecule has 1 aromatic heterocycles. The zero-order valence-electron chi connectivity index (χ0n) is 10.4. The molecular weight excluding hydrogens is 250 g/mol. The molecular formula is C13H16ClN3O. The van der Waals surface area contributed by atoms with Crippen LogP contribution < -0.4 is 5.32 Å². The second kappa shape index (κ2) is 5.50. The second-order valence-electron chi connectivity index (χ2n) is 4.29. The van der Waals surface area contributed by atoms with Gasteiger partial charge in [-0.25, -0.2) is 9.97 Å². The molecule has 0 saturated heterocycles. The quantitative estimate of drug-likeness (QED) is 0.833. The van der Waals surface area contributed by atoms with E-state index in [1.165, 1.54) is 0 Å². The first kappa shape index (κ1) is 13.1. The van der Waals surface area contributed by atoms with Gasteiger partial charge in [-0.2, -0.15) is 0 Å². The van der Waals surface area contributed by atoms with Crippen LogP contribution in [0.4, 0.5) is 5.69 Å². The standard InChI is InChI=1S/C13H16ClN3O/c1-8-9(2)17-13-5-10(3-4-12(13)16-8)15-7-11(18)6-14/h3-5,11,15,18H,6-7H2,1-2H3. The summed E-state index contributed by atoms with van der Waals surface area (Å²) in [4.78, 5) is 8.96. The number of aliphatic hydroxyl groups is 1. The summed E-state index contributed by atoms with van der Waals surface area (Å²) in [5.74, 6) is 0.221. The van der Waals surface area contributed by atoms with Gasteiger partial charge in [0.15, 0.2) is 0 Å². The number of aromatic nitrogens is 2. The lowest BCUT2D eigenvalue weighted by molar-refractivity contribution is 0.211. The summed E-state index contributed by atoms with van der Waals surface area (Å²) in [6.07, 6.45) is -0.548. The fraction of sp³-hybridized carbons (Fsp3) is 0.385. The molecule has 0 saturated carbocycles. The van der Waals surface area contributed by atoms with E-state index in [1.54, 1.807) is 0 Å². The van der Waals surface area contributed by atoms with Crippen molar-refractivity contribution in [3.05, 3.63) is 29.6 Å². The Kier molecular flexibility index (Phi) is 3.99. The van der Waals surface area contributed by atoms with Crippen molar-refractivity contribution in [3.8, 4) is 0 Å². The summed E-state index contributed by atoms with van der Waals surface area (Å²) >= 11 is 5.54. The molecule has 1 aromatic carbocycles. The Morgan fingerprint density at radius 1 is 1.22 bits per heavy atom. The van der Waals surface area contributed by atoms with Gasteiger partial charge in [-0.15, -0.1) is 11.6 Å². The molecule has 0 aliphatic carbocycles. The highest BCUT2D eigenvalue weighted by Crippen LogP contribution is 2.17. The number of hydrogen-bond acceptors (Lipinski definition) is 4. The number of nitrogens with one attached hydrogen (secondary N) is 1. The highest BCUT2D eigenvalue weighted by molar-refractivity contribution is 6.18. The van der Waals surface area contributed by atoms with Crippen molar-refractivity contribution in [2.75, 3.05) is 17.7 Å². The van der Waals surface area contributed by atoms with Crippen molar-refractivity contribution >= 4 is 28.3 Å². The Balaban J connectivity index is 2.24. The molecule has 2 N–H and O–H groups in total. The minimum atomic E-state index is -0.548. The SMILES string of the molecule is Cc1nc2ccc(NCC(O)CCl)cc2nc1C. The topological polar surface area (TPSA) is 58.0 Å². The van der Waals surface area contributed by atoms with Crippen LogP contribution in [0.5, 0.6) is 0 Å². The smallest absolute Gasteiger partial charge is 0.0910 e. The Hall–Kier alpha value is -1.39. The fourth-order valence-electron chi connectivity index (χ4n) is 1.63. The molecule has 5 heteroatoms. The highest BCUT2D eigenvalue weighted by Gasteiger charge is 2.04. The average Bonchev–Trinajstić information content (AvgIpc) is 2.37. The Morgan fingerprint density at radius 2 is 1.89 bits per heavy atom. The third-order valence-electron chi connectivity index (χ3n) is 2.80. The molecule has 1 heterocycles. The second-order valence-corrected chi connectivity index (χ2v) is 4.60. The molecule has 0 spiro atoms. The molecule has 0 aliphatic heterocycles. The normalized spacial score (nSPS) is 12.7. The van der Waals surface area contributed by atoms with E-state index in [1.807, 2.05) is 32.0 Å². The van der Waals surface area contributed by atoms with Gasteiger partial charge in [0.05, 0.1) is 34.4 Å². The van der Waals surface area contributed by atoms with E-state index in [2.05, 4.69) is 15.3 Å². The first-order chi connectivity index (χ1) is 8.60. The van der Waals surface area contributed by atoms with Crippen molar-refractivity contribution in [1.29, 1.82) is 0 Å². The Labute approximate surface area is 111 Å². The number of benzene rings is 1. The summed E-state index contributed by atoms with van der Waals surface area (Å²) in [7, 11) is 0. The lowest BCUT2D eigenvalue weighted by Gasteiger charge is -2.10. The first-order valence-corrected chi connectivity index (χ1v) is 6.36. The van der Waals surface area contributed by atoms with Crippen LogP contribution in [-0.2, 0) is 0 Å². The molecule has 1 atom stereocenters. The van der Waals surface area contributed by atoms with Crippen LogP contribution in [0, 0.1) is 13.8 Å². The van der Waals surface area contributed by atoms with Crippen LogP contribution in [0.15, 0.2) is 18.2 Å².